The predicted molar refractivity (Wildman–Crippen MR) is 133 cm³/mol. The number of benzene rings is 2. The minimum atomic E-state index is -0.578. The number of amides is 1. The van der Waals surface area contributed by atoms with E-state index in [0.717, 1.165) is 10.2 Å². The lowest BCUT2D eigenvalue weighted by Crippen LogP contribution is -2.22. The fourth-order valence-corrected chi connectivity index (χ4v) is 5.27. The van der Waals surface area contributed by atoms with Crippen molar-refractivity contribution in [1.29, 1.82) is 0 Å². The van der Waals surface area contributed by atoms with Crippen molar-refractivity contribution in [3.63, 3.8) is 0 Å². The smallest absolute Gasteiger partial charge is 0.268 e. The molecular formula is C23H14N6O4S2. The van der Waals surface area contributed by atoms with Crippen LogP contribution >= 0.6 is 23.1 Å². The van der Waals surface area contributed by atoms with Gasteiger partial charge in [-0.05, 0) is 48.2 Å². The fraction of sp³-hybridized carbons (Fsp3) is 0. The highest BCUT2D eigenvalue weighted by Gasteiger charge is 2.15. The van der Waals surface area contributed by atoms with Gasteiger partial charge < -0.3 is 0 Å². The lowest BCUT2D eigenvalue weighted by Gasteiger charge is -2.06. The second kappa shape index (κ2) is 9.44. The molecule has 0 fully saturated rings. The highest BCUT2D eigenvalue weighted by Crippen LogP contribution is 2.34. The van der Waals surface area contributed by atoms with Crippen LogP contribution in [0.1, 0.15) is 15.9 Å². The molecular weight excluding hydrogens is 488 g/mol. The number of hydrogen-bond acceptors (Lipinski definition) is 9. The Hall–Kier alpha value is -4.42. The van der Waals surface area contributed by atoms with E-state index >= 15 is 0 Å². The van der Waals surface area contributed by atoms with Crippen molar-refractivity contribution in [1.82, 2.24) is 19.8 Å². The number of fused-ring (bicyclic) bond motifs is 2. The van der Waals surface area contributed by atoms with Gasteiger partial charge in [-0.3, -0.25) is 24.1 Å². The van der Waals surface area contributed by atoms with Gasteiger partial charge in [0, 0.05) is 23.9 Å². The molecule has 0 aliphatic carbocycles. The molecule has 10 nitrogen and oxygen atoms in total. The van der Waals surface area contributed by atoms with Crippen LogP contribution in [0, 0.1) is 10.1 Å². The Bertz CT molecular complexity index is 1640. The second-order valence-corrected chi connectivity index (χ2v) is 9.38. The average Bonchev–Trinajstić information content (AvgIpc) is 3.28. The zero-order valence-corrected chi connectivity index (χ0v) is 19.3. The number of thiazole rings is 1. The number of pyridine rings is 1. The van der Waals surface area contributed by atoms with E-state index in [1.165, 1.54) is 58.0 Å². The number of carbonyl (C=O) groups is 1. The van der Waals surface area contributed by atoms with Crippen molar-refractivity contribution in [3.8, 4) is 0 Å². The number of nitrogens with zero attached hydrogens (tertiary/aromatic N) is 5. The van der Waals surface area contributed by atoms with Gasteiger partial charge in [0.05, 0.1) is 26.9 Å². The van der Waals surface area contributed by atoms with E-state index in [4.69, 9.17) is 0 Å². The molecule has 0 aliphatic heterocycles. The molecule has 1 amide bonds. The Balaban J connectivity index is 1.46. The summed E-state index contributed by atoms with van der Waals surface area (Å²) in [6.07, 6.45) is 2.84. The number of rotatable bonds is 6. The van der Waals surface area contributed by atoms with Crippen LogP contribution in [-0.4, -0.2) is 31.4 Å². The predicted octanol–water partition coefficient (Wildman–Crippen LogP) is 4.13. The summed E-state index contributed by atoms with van der Waals surface area (Å²) in [5, 5.41) is 15.1. The van der Waals surface area contributed by atoms with Crippen LogP contribution in [-0.2, 0) is 0 Å². The van der Waals surface area contributed by atoms with Crippen LogP contribution in [0.5, 0.6) is 0 Å². The van der Waals surface area contributed by atoms with Gasteiger partial charge in [0.1, 0.15) is 10.7 Å². The molecule has 1 N–H and O–H groups in total. The summed E-state index contributed by atoms with van der Waals surface area (Å²) >= 11 is 2.73. The van der Waals surface area contributed by atoms with E-state index in [-0.39, 0.29) is 22.4 Å². The standard InChI is InChI=1S/C23H14N6O4S2/c30-20(14-8-10-15(11-9-14)29(32)33)27-24-13-16-21(26-19-7-3-4-12-28(19)22(16)31)35-23-25-17-5-1-2-6-18(17)34-23/h1-13H,(H,27,30)/b24-13+. The Morgan fingerprint density at radius 2 is 1.86 bits per heavy atom. The van der Waals surface area contributed by atoms with Crippen LogP contribution < -0.4 is 11.0 Å². The molecule has 3 heterocycles. The fourth-order valence-electron chi connectivity index (χ4n) is 3.20. The number of para-hydroxylation sites is 1. The zero-order chi connectivity index (χ0) is 24.4. The Kier molecular flexibility index (Phi) is 6.04. The Morgan fingerprint density at radius 3 is 2.63 bits per heavy atom. The summed E-state index contributed by atoms with van der Waals surface area (Å²) in [4.78, 5) is 45.0. The topological polar surface area (TPSA) is 132 Å². The molecule has 0 radical (unpaired) electrons. The lowest BCUT2D eigenvalue weighted by molar-refractivity contribution is -0.384. The van der Waals surface area contributed by atoms with E-state index in [0.29, 0.717) is 15.0 Å². The molecule has 0 spiro atoms. The highest BCUT2D eigenvalue weighted by atomic mass is 32.2. The van der Waals surface area contributed by atoms with Crippen molar-refractivity contribution >= 4 is 56.8 Å². The molecule has 12 heteroatoms. The third-order valence-corrected chi connectivity index (χ3v) is 6.99. The molecule has 5 rings (SSSR count). The molecule has 5 aromatic rings. The first-order valence-electron chi connectivity index (χ1n) is 10.1. The molecule has 0 atom stereocenters. The zero-order valence-electron chi connectivity index (χ0n) is 17.7. The van der Waals surface area contributed by atoms with E-state index in [1.807, 2.05) is 24.3 Å². The van der Waals surface area contributed by atoms with Crippen molar-refractivity contribution < 1.29 is 9.72 Å². The van der Waals surface area contributed by atoms with Gasteiger partial charge in [-0.1, -0.05) is 18.2 Å². The van der Waals surface area contributed by atoms with Gasteiger partial charge in [0.25, 0.3) is 17.2 Å². The van der Waals surface area contributed by atoms with E-state index < -0.39 is 10.8 Å². The first kappa shape index (κ1) is 22.4. The molecule has 0 aliphatic rings. The first-order chi connectivity index (χ1) is 17.0. The molecule has 0 unspecified atom stereocenters. The summed E-state index contributed by atoms with van der Waals surface area (Å²) in [7, 11) is 0. The minimum Gasteiger partial charge on any atom is -0.268 e. The molecule has 0 saturated heterocycles. The lowest BCUT2D eigenvalue weighted by atomic mass is 10.2. The van der Waals surface area contributed by atoms with E-state index in [9.17, 15) is 19.7 Å². The Labute approximate surface area is 205 Å². The highest BCUT2D eigenvalue weighted by molar-refractivity contribution is 8.01. The summed E-state index contributed by atoms with van der Waals surface area (Å²) in [5.74, 6) is -0.578. The van der Waals surface area contributed by atoms with Crippen molar-refractivity contribution in [3.05, 3.63) is 105 Å². The monoisotopic (exact) mass is 502 g/mol. The summed E-state index contributed by atoms with van der Waals surface area (Å²) in [5.41, 5.74) is 3.55. The molecule has 35 heavy (non-hydrogen) atoms. The third-order valence-electron chi connectivity index (χ3n) is 4.89. The normalized spacial score (nSPS) is 11.3. The number of nitro groups is 1. The van der Waals surface area contributed by atoms with E-state index in [1.54, 1.807) is 24.4 Å². The van der Waals surface area contributed by atoms with Gasteiger partial charge in [0.15, 0.2) is 4.34 Å². The number of nitrogens with one attached hydrogen (secondary N) is 1. The van der Waals surface area contributed by atoms with Crippen LogP contribution in [0.4, 0.5) is 5.69 Å². The van der Waals surface area contributed by atoms with Crippen LogP contribution in [0.3, 0.4) is 0 Å². The van der Waals surface area contributed by atoms with Crippen molar-refractivity contribution in [2.75, 3.05) is 0 Å². The number of nitro benzene ring substituents is 1. The van der Waals surface area contributed by atoms with E-state index in [2.05, 4.69) is 20.5 Å². The SMILES string of the molecule is O=C(N/N=C/c1c(Sc2nc3ccccc3s2)nc2ccccn2c1=O)c1ccc([N+](=O)[O-])cc1. The van der Waals surface area contributed by atoms with Crippen LogP contribution in [0.2, 0.25) is 0 Å². The molecule has 2 aromatic carbocycles. The minimum absolute atomic E-state index is 0.128. The van der Waals surface area contributed by atoms with Gasteiger partial charge in [-0.15, -0.1) is 11.3 Å². The number of hydrazone groups is 1. The van der Waals surface area contributed by atoms with Crippen molar-refractivity contribution in [2.24, 2.45) is 5.10 Å². The quantitative estimate of drug-likeness (QED) is 0.160. The van der Waals surface area contributed by atoms with Gasteiger partial charge in [-0.25, -0.2) is 15.4 Å². The summed E-state index contributed by atoms with van der Waals surface area (Å²) < 4.78 is 3.11. The molecule has 0 saturated carbocycles. The second-order valence-electron chi connectivity index (χ2n) is 7.12. The maximum absolute atomic E-state index is 13.2. The Morgan fingerprint density at radius 1 is 1.09 bits per heavy atom. The number of hydrogen-bond donors (Lipinski definition) is 1. The summed E-state index contributed by atoms with van der Waals surface area (Å²) in [6, 6.07) is 18.0. The number of non-ortho nitro benzene ring substituents is 1. The largest absolute Gasteiger partial charge is 0.271 e. The van der Waals surface area contributed by atoms with Gasteiger partial charge >= 0.3 is 0 Å². The third kappa shape index (κ3) is 4.65. The maximum Gasteiger partial charge on any atom is 0.271 e. The first-order valence-corrected chi connectivity index (χ1v) is 11.8. The van der Waals surface area contributed by atoms with Gasteiger partial charge in [0.2, 0.25) is 0 Å². The maximum atomic E-state index is 13.2. The van der Waals surface area contributed by atoms with Crippen LogP contribution in [0.15, 0.2) is 92.2 Å². The van der Waals surface area contributed by atoms with Crippen LogP contribution in [0.25, 0.3) is 15.9 Å². The number of carbonyl (C=O) groups excluding carboxylic acids is 1. The molecule has 0 bridgehead atoms. The average molecular weight is 503 g/mol. The van der Waals surface area contributed by atoms with Gasteiger partial charge in [-0.2, -0.15) is 5.10 Å². The number of aromatic nitrogens is 3. The molecule has 172 valence electrons. The molecule has 3 aromatic heterocycles. The van der Waals surface area contributed by atoms with Crippen molar-refractivity contribution in [2.45, 2.75) is 9.37 Å². The summed E-state index contributed by atoms with van der Waals surface area (Å²) in [6.45, 7) is 0.